The molecule has 0 bridgehead atoms. The van der Waals surface area contributed by atoms with Crippen LogP contribution in [0.4, 0.5) is 0 Å². The van der Waals surface area contributed by atoms with Crippen LogP contribution in [-0.4, -0.2) is 10.2 Å². The summed E-state index contributed by atoms with van der Waals surface area (Å²) >= 11 is 5.66. The zero-order valence-electron chi connectivity index (χ0n) is 6.59. The molecule has 0 amide bonds. The maximum absolute atomic E-state index is 4.17. The summed E-state index contributed by atoms with van der Waals surface area (Å²) < 4.78 is 2.22. The van der Waals surface area contributed by atoms with Crippen molar-refractivity contribution in [1.82, 2.24) is 10.2 Å². The third-order valence-electron chi connectivity index (χ3n) is 1.71. The molecule has 0 aliphatic heterocycles. The van der Waals surface area contributed by atoms with Gasteiger partial charge in [-0.2, -0.15) is 5.10 Å². The van der Waals surface area contributed by atoms with Crippen molar-refractivity contribution in [1.29, 1.82) is 0 Å². The average molecular weight is 349 g/mol. The number of rotatable bonds is 1. The molecule has 0 radical (unpaired) electrons. The maximum Gasteiger partial charge on any atom is 0.105 e. The first-order valence-electron chi connectivity index (χ1n) is 3.72. The van der Waals surface area contributed by atoms with Gasteiger partial charge in [0.15, 0.2) is 0 Å². The number of halogens is 2. The van der Waals surface area contributed by atoms with E-state index >= 15 is 0 Å². The summed E-state index contributed by atoms with van der Waals surface area (Å²) in [6, 6.07) is 8.12. The Morgan fingerprint density at radius 3 is 2.46 bits per heavy atom. The molecule has 0 spiro atoms. The third-order valence-corrected chi connectivity index (χ3v) is 3.06. The van der Waals surface area contributed by atoms with Gasteiger partial charge in [-0.25, -0.2) is 0 Å². The van der Waals surface area contributed by atoms with Crippen molar-refractivity contribution in [2.75, 3.05) is 0 Å². The van der Waals surface area contributed by atoms with Gasteiger partial charge in [0.2, 0.25) is 0 Å². The average Bonchev–Trinajstić information content (AvgIpc) is 2.53. The molecule has 0 saturated heterocycles. The lowest BCUT2D eigenvalue weighted by Crippen LogP contribution is -1.79. The molecule has 13 heavy (non-hydrogen) atoms. The van der Waals surface area contributed by atoms with Crippen LogP contribution < -0.4 is 0 Å². The molecular weight excluding hydrogens is 343 g/mol. The molecule has 1 heterocycles. The molecule has 0 atom stereocenters. The highest BCUT2D eigenvalue weighted by Gasteiger charge is 2.04. The number of nitrogens with zero attached hydrogens (tertiary/aromatic N) is 1. The molecule has 1 aromatic heterocycles. The first kappa shape index (κ1) is 9.21. The predicted molar refractivity (Wildman–Crippen MR) is 64.4 cm³/mol. The summed E-state index contributed by atoms with van der Waals surface area (Å²) in [5.41, 5.74) is 2.14. The normalized spacial score (nSPS) is 10.3. The fraction of sp³-hybridized carbons (Fsp3) is 0. The van der Waals surface area contributed by atoms with E-state index in [1.54, 1.807) is 0 Å². The van der Waals surface area contributed by atoms with Crippen molar-refractivity contribution in [3.63, 3.8) is 0 Å². The molecule has 2 aromatic rings. The molecule has 0 saturated carbocycles. The highest BCUT2D eigenvalue weighted by atomic mass is 127. The van der Waals surface area contributed by atoms with E-state index in [9.17, 15) is 0 Å². The monoisotopic (exact) mass is 348 g/mol. The molecule has 0 aliphatic carbocycles. The molecule has 1 aromatic carbocycles. The smallest absolute Gasteiger partial charge is 0.105 e. The number of hydrogen-bond donors (Lipinski definition) is 1. The molecule has 0 aliphatic rings. The van der Waals surface area contributed by atoms with Crippen molar-refractivity contribution in [2.45, 2.75) is 0 Å². The van der Waals surface area contributed by atoms with E-state index in [4.69, 9.17) is 0 Å². The van der Waals surface area contributed by atoms with E-state index in [0.29, 0.717) is 0 Å². The summed E-state index contributed by atoms with van der Waals surface area (Å²) in [7, 11) is 0. The van der Waals surface area contributed by atoms with Gasteiger partial charge in [-0.3, -0.25) is 5.10 Å². The van der Waals surface area contributed by atoms with Gasteiger partial charge in [-0.1, -0.05) is 28.1 Å². The molecule has 2 rings (SSSR count). The lowest BCUT2D eigenvalue weighted by molar-refractivity contribution is 1.10. The van der Waals surface area contributed by atoms with Crippen LogP contribution in [0.2, 0.25) is 0 Å². The molecule has 0 fully saturated rings. The van der Waals surface area contributed by atoms with E-state index in [-0.39, 0.29) is 0 Å². The van der Waals surface area contributed by atoms with Gasteiger partial charge in [0.05, 0.1) is 3.57 Å². The van der Waals surface area contributed by atoms with Gasteiger partial charge in [-0.05, 0) is 34.7 Å². The number of H-pyrrole nitrogens is 1. The summed E-state index contributed by atoms with van der Waals surface area (Å²) in [4.78, 5) is 0. The quantitative estimate of drug-likeness (QED) is 0.786. The van der Waals surface area contributed by atoms with Crippen LogP contribution in [0.15, 0.2) is 34.9 Å². The van der Waals surface area contributed by atoms with Gasteiger partial charge in [0, 0.05) is 16.2 Å². The fourth-order valence-electron chi connectivity index (χ4n) is 1.09. The van der Waals surface area contributed by atoms with Gasteiger partial charge in [0.1, 0.15) is 5.69 Å². The van der Waals surface area contributed by atoms with Gasteiger partial charge in [0.25, 0.3) is 0 Å². The Labute approximate surface area is 98.0 Å². The second-order valence-electron chi connectivity index (χ2n) is 2.59. The van der Waals surface area contributed by atoms with E-state index in [2.05, 4.69) is 48.7 Å². The van der Waals surface area contributed by atoms with Crippen LogP contribution in [0.25, 0.3) is 11.3 Å². The predicted octanol–water partition coefficient (Wildman–Crippen LogP) is 3.44. The van der Waals surface area contributed by atoms with Gasteiger partial charge >= 0.3 is 0 Å². The van der Waals surface area contributed by atoms with E-state index in [0.717, 1.165) is 19.3 Å². The number of nitrogens with one attached hydrogen (secondary N) is 1. The summed E-state index contributed by atoms with van der Waals surface area (Å²) in [6.45, 7) is 0. The van der Waals surface area contributed by atoms with Crippen molar-refractivity contribution < 1.29 is 0 Å². The second kappa shape index (κ2) is 3.79. The van der Waals surface area contributed by atoms with Crippen molar-refractivity contribution in [3.05, 3.63) is 38.5 Å². The number of hydrogen-bond acceptors (Lipinski definition) is 1. The Balaban J connectivity index is 2.47. The van der Waals surface area contributed by atoms with Crippen molar-refractivity contribution in [3.8, 4) is 11.3 Å². The standard InChI is InChI=1S/C9H6BrIN2/c10-7-3-1-6(2-4-7)9-8(11)5-12-13-9/h1-5H,(H,12,13). The number of aromatic nitrogens is 2. The minimum Gasteiger partial charge on any atom is -0.284 e. The van der Waals surface area contributed by atoms with Crippen LogP contribution in [0, 0.1) is 3.57 Å². The molecule has 2 nitrogen and oxygen atoms in total. The highest BCUT2D eigenvalue weighted by Crippen LogP contribution is 2.23. The third kappa shape index (κ3) is 1.94. The van der Waals surface area contributed by atoms with E-state index in [1.165, 1.54) is 0 Å². The molecule has 1 N–H and O–H groups in total. The molecule has 0 unspecified atom stereocenters. The van der Waals surface area contributed by atoms with Crippen molar-refractivity contribution >= 4 is 38.5 Å². The Morgan fingerprint density at radius 2 is 1.92 bits per heavy atom. The van der Waals surface area contributed by atoms with Gasteiger partial charge < -0.3 is 0 Å². The first-order chi connectivity index (χ1) is 6.27. The molecular formula is C9H6BrIN2. The molecule has 66 valence electrons. The minimum absolute atomic E-state index is 1.01. The van der Waals surface area contributed by atoms with Gasteiger partial charge in [-0.15, -0.1) is 0 Å². The number of benzene rings is 1. The lowest BCUT2D eigenvalue weighted by Gasteiger charge is -1.96. The zero-order valence-corrected chi connectivity index (χ0v) is 10.3. The Kier molecular flexibility index (Phi) is 2.69. The van der Waals surface area contributed by atoms with Crippen LogP contribution >= 0.6 is 38.5 Å². The Hall–Kier alpha value is -0.360. The van der Waals surface area contributed by atoms with E-state index in [1.807, 2.05) is 30.5 Å². The summed E-state index contributed by atoms with van der Waals surface area (Å²) in [5.74, 6) is 0. The topological polar surface area (TPSA) is 28.7 Å². The maximum atomic E-state index is 4.17. The first-order valence-corrected chi connectivity index (χ1v) is 5.60. The van der Waals surface area contributed by atoms with Crippen LogP contribution in [-0.2, 0) is 0 Å². The summed E-state index contributed by atoms with van der Waals surface area (Å²) in [6.07, 6.45) is 1.89. The Bertz CT molecular complexity index is 408. The fourth-order valence-corrected chi connectivity index (χ4v) is 1.92. The summed E-state index contributed by atoms with van der Waals surface area (Å²) in [5, 5.41) is 7.01. The lowest BCUT2D eigenvalue weighted by atomic mass is 10.2. The minimum atomic E-state index is 1.01. The molecule has 4 heteroatoms. The Morgan fingerprint density at radius 1 is 1.23 bits per heavy atom. The van der Waals surface area contributed by atoms with E-state index < -0.39 is 0 Å². The largest absolute Gasteiger partial charge is 0.284 e. The van der Waals surface area contributed by atoms with Crippen molar-refractivity contribution in [2.24, 2.45) is 0 Å². The van der Waals surface area contributed by atoms with Crippen LogP contribution in [0.1, 0.15) is 0 Å². The SMILES string of the molecule is Brc1ccc(-c2n[nH]cc2I)cc1. The zero-order chi connectivity index (χ0) is 9.26. The van der Waals surface area contributed by atoms with Crippen LogP contribution in [0.3, 0.4) is 0 Å². The number of aromatic amines is 1. The van der Waals surface area contributed by atoms with Crippen LogP contribution in [0.5, 0.6) is 0 Å². The second-order valence-corrected chi connectivity index (χ2v) is 4.67. The highest BCUT2D eigenvalue weighted by molar-refractivity contribution is 14.1.